The maximum absolute atomic E-state index is 12.8. The molecule has 0 aromatic carbocycles. The van der Waals surface area contributed by atoms with Gasteiger partial charge in [-0.15, -0.1) is 0 Å². The SMILES string of the molecule is O=C(NC1CCN(C(=O)c2ccc(F)nc2)CC1)C1CC1. The van der Waals surface area contributed by atoms with Gasteiger partial charge in [0.2, 0.25) is 11.9 Å². The highest BCUT2D eigenvalue weighted by atomic mass is 19.1. The maximum Gasteiger partial charge on any atom is 0.255 e. The summed E-state index contributed by atoms with van der Waals surface area (Å²) in [5, 5.41) is 3.05. The van der Waals surface area contributed by atoms with Crippen LogP contribution in [0.15, 0.2) is 18.3 Å². The zero-order valence-electron chi connectivity index (χ0n) is 11.7. The van der Waals surface area contributed by atoms with E-state index in [-0.39, 0.29) is 23.8 Å². The number of amides is 2. The monoisotopic (exact) mass is 291 g/mol. The summed E-state index contributed by atoms with van der Waals surface area (Å²) in [7, 11) is 0. The summed E-state index contributed by atoms with van der Waals surface area (Å²) < 4.78 is 12.8. The number of rotatable bonds is 3. The number of aromatic nitrogens is 1. The second-order valence-electron chi connectivity index (χ2n) is 5.72. The molecule has 2 heterocycles. The van der Waals surface area contributed by atoms with Gasteiger partial charge < -0.3 is 10.2 Å². The highest BCUT2D eigenvalue weighted by molar-refractivity contribution is 5.94. The first-order chi connectivity index (χ1) is 10.1. The number of carbonyl (C=O) groups excluding carboxylic acids is 2. The molecule has 21 heavy (non-hydrogen) atoms. The van der Waals surface area contributed by atoms with Gasteiger partial charge in [0.1, 0.15) is 0 Å². The van der Waals surface area contributed by atoms with E-state index in [0.717, 1.165) is 25.7 Å². The molecular weight excluding hydrogens is 273 g/mol. The molecule has 2 fully saturated rings. The number of nitrogens with one attached hydrogen (secondary N) is 1. The van der Waals surface area contributed by atoms with Crippen LogP contribution in [0.1, 0.15) is 36.0 Å². The van der Waals surface area contributed by atoms with Crippen LogP contribution in [0.2, 0.25) is 0 Å². The van der Waals surface area contributed by atoms with E-state index in [9.17, 15) is 14.0 Å². The standard InChI is InChI=1S/C15H18FN3O2/c16-13-4-3-11(9-17-13)15(21)19-7-5-12(6-8-19)18-14(20)10-1-2-10/h3-4,9-10,12H,1-2,5-8H2,(H,18,20). The van der Waals surface area contributed by atoms with Crippen molar-refractivity contribution < 1.29 is 14.0 Å². The topological polar surface area (TPSA) is 62.3 Å². The van der Waals surface area contributed by atoms with Crippen LogP contribution in [-0.4, -0.2) is 40.8 Å². The summed E-state index contributed by atoms with van der Waals surface area (Å²) in [4.78, 5) is 29.2. The Hall–Kier alpha value is -1.98. The Morgan fingerprint density at radius 3 is 2.48 bits per heavy atom. The van der Waals surface area contributed by atoms with Crippen LogP contribution < -0.4 is 5.32 Å². The molecule has 1 N–H and O–H groups in total. The lowest BCUT2D eigenvalue weighted by molar-refractivity contribution is -0.123. The molecule has 6 heteroatoms. The smallest absolute Gasteiger partial charge is 0.255 e. The van der Waals surface area contributed by atoms with Gasteiger partial charge >= 0.3 is 0 Å². The van der Waals surface area contributed by atoms with Gasteiger partial charge in [0, 0.05) is 31.2 Å². The Kier molecular flexibility index (Phi) is 3.86. The lowest BCUT2D eigenvalue weighted by Crippen LogP contribution is -2.46. The molecule has 1 aliphatic carbocycles. The Morgan fingerprint density at radius 1 is 1.19 bits per heavy atom. The second kappa shape index (κ2) is 5.79. The molecule has 1 saturated carbocycles. The third-order valence-electron chi connectivity index (χ3n) is 4.05. The van der Waals surface area contributed by atoms with E-state index < -0.39 is 5.95 Å². The fraction of sp³-hybridized carbons (Fsp3) is 0.533. The molecule has 0 bridgehead atoms. The molecule has 1 aromatic heterocycles. The van der Waals surface area contributed by atoms with Gasteiger partial charge in [0.15, 0.2) is 0 Å². The minimum absolute atomic E-state index is 0.130. The molecule has 0 unspecified atom stereocenters. The van der Waals surface area contributed by atoms with Crippen molar-refractivity contribution in [2.45, 2.75) is 31.7 Å². The van der Waals surface area contributed by atoms with E-state index >= 15 is 0 Å². The molecule has 2 amide bonds. The fourth-order valence-electron chi connectivity index (χ4n) is 2.58. The van der Waals surface area contributed by atoms with Crippen LogP contribution in [0.25, 0.3) is 0 Å². The molecule has 0 atom stereocenters. The van der Waals surface area contributed by atoms with Crippen LogP contribution in [0.3, 0.4) is 0 Å². The summed E-state index contributed by atoms with van der Waals surface area (Å²) in [5.74, 6) is -0.347. The van der Waals surface area contributed by atoms with Crippen LogP contribution >= 0.6 is 0 Å². The first-order valence-electron chi connectivity index (χ1n) is 7.34. The number of hydrogen-bond donors (Lipinski definition) is 1. The first-order valence-corrected chi connectivity index (χ1v) is 7.34. The lowest BCUT2D eigenvalue weighted by atomic mass is 10.0. The van der Waals surface area contributed by atoms with Crippen molar-refractivity contribution in [3.05, 3.63) is 29.8 Å². The predicted molar refractivity (Wildman–Crippen MR) is 74.0 cm³/mol. The van der Waals surface area contributed by atoms with Crippen molar-refractivity contribution in [3.63, 3.8) is 0 Å². The van der Waals surface area contributed by atoms with Crippen LogP contribution in [0.4, 0.5) is 4.39 Å². The number of carbonyl (C=O) groups is 2. The van der Waals surface area contributed by atoms with Crippen molar-refractivity contribution in [1.82, 2.24) is 15.2 Å². The van der Waals surface area contributed by atoms with Crippen LogP contribution in [0.5, 0.6) is 0 Å². The third kappa shape index (κ3) is 3.37. The summed E-state index contributed by atoms with van der Waals surface area (Å²) in [6.07, 6.45) is 4.79. The normalized spacial score (nSPS) is 19.4. The van der Waals surface area contributed by atoms with Gasteiger partial charge in [-0.25, -0.2) is 4.98 Å². The zero-order chi connectivity index (χ0) is 14.8. The minimum atomic E-state index is -0.590. The van der Waals surface area contributed by atoms with Crippen LogP contribution in [-0.2, 0) is 4.79 Å². The highest BCUT2D eigenvalue weighted by Gasteiger charge is 2.32. The van der Waals surface area contributed by atoms with Gasteiger partial charge in [0.05, 0.1) is 5.56 Å². The zero-order valence-corrected chi connectivity index (χ0v) is 11.7. The summed E-state index contributed by atoms with van der Waals surface area (Å²) in [5.41, 5.74) is 0.400. The lowest BCUT2D eigenvalue weighted by Gasteiger charge is -2.32. The predicted octanol–water partition coefficient (Wildman–Crippen LogP) is 1.35. The van der Waals surface area contributed by atoms with E-state index in [4.69, 9.17) is 0 Å². The van der Waals surface area contributed by atoms with Crippen molar-refractivity contribution in [1.29, 1.82) is 0 Å². The van der Waals surface area contributed by atoms with Gasteiger partial charge in [-0.2, -0.15) is 4.39 Å². The van der Waals surface area contributed by atoms with E-state index in [2.05, 4.69) is 10.3 Å². The summed E-state index contributed by atoms with van der Waals surface area (Å²) in [6, 6.07) is 2.80. The van der Waals surface area contributed by atoms with Crippen molar-refractivity contribution >= 4 is 11.8 Å². The fourth-order valence-corrected chi connectivity index (χ4v) is 2.58. The van der Waals surface area contributed by atoms with Gasteiger partial charge in [-0.1, -0.05) is 0 Å². The molecule has 0 radical (unpaired) electrons. The second-order valence-corrected chi connectivity index (χ2v) is 5.72. The number of pyridine rings is 1. The van der Waals surface area contributed by atoms with Crippen molar-refractivity contribution in [2.75, 3.05) is 13.1 Å². The number of hydrogen-bond acceptors (Lipinski definition) is 3. The van der Waals surface area contributed by atoms with Gasteiger partial charge in [-0.3, -0.25) is 9.59 Å². The van der Waals surface area contributed by atoms with E-state index in [1.54, 1.807) is 4.90 Å². The molecule has 1 saturated heterocycles. The average Bonchev–Trinajstić information content (AvgIpc) is 3.33. The Bertz CT molecular complexity index is 534. The summed E-state index contributed by atoms with van der Waals surface area (Å²) >= 11 is 0. The summed E-state index contributed by atoms with van der Waals surface area (Å²) in [6.45, 7) is 1.21. The minimum Gasteiger partial charge on any atom is -0.353 e. The Morgan fingerprint density at radius 2 is 1.90 bits per heavy atom. The number of halogens is 1. The largest absolute Gasteiger partial charge is 0.353 e. The Labute approximate surface area is 122 Å². The molecule has 0 spiro atoms. The quantitative estimate of drug-likeness (QED) is 0.855. The van der Waals surface area contributed by atoms with E-state index in [1.807, 2.05) is 0 Å². The molecule has 112 valence electrons. The number of piperidine rings is 1. The molecule has 2 aliphatic rings. The molecule has 1 aromatic rings. The average molecular weight is 291 g/mol. The van der Waals surface area contributed by atoms with Crippen molar-refractivity contribution in [3.8, 4) is 0 Å². The maximum atomic E-state index is 12.8. The molecule has 3 rings (SSSR count). The molecule has 5 nitrogen and oxygen atoms in total. The third-order valence-corrected chi connectivity index (χ3v) is 4.05. The molecule has 1 aliphatic heterocycles. The number of likely N-dealkylation sites (tertiary alicyclic amines) is 1. The van der Waals surface area contributed by atoms with Crippen LogP contribution in [0, 0.1) is 11.9 Å². The van der Waals surface area contributed by atoms with E-state index in [1.165, 1.54) is 18.3 Å². The van der Waals surface area contributed by atoms with Gasteiger partial charge in [0.25, 0.3) is 5.91 Å². The van der Waals surface area contributed by atoms with E-state index in [0.29, 0.717) is 18.7 Å². The van der Waals surface area contributed by atoms with Crippen molar-refractivity contribution in [2.24, 2.45) is 5.92 Å². The highest BCUT2D eigenvalue weighted by Crippen LogP contribution is 2.29. The Balaban J connectivity index is 1.51. The first kappa shape index (κ1) is 14.0. The van der Waals surface area contributed by atoms with Gasteiger partial charge in [-0.05, 0) is 37.8 Å². The number of nitrogens with zero attached hydrogens (tertiary/aromatic N) is 2. The molecular formula is C15H18FN3O2.